The number of benzene rings is 1. The van der Waals surface area contributed by atoms with Gasteiger partial charge in [-0.25, -0.2) is 0 Å². The first kappa shape index (κ1) is 18.7. The summed E-state index contributed by atoms with van der Waals surface area (Å²) in [6.07, 6.45) is 5.52. The van der Waals surface area contributed by atoms with E-state index >= 15 is 0 Å². The van der Waals surface area contributed by atoms with Gasteiger partial charge in [0.1, 0.15) is 0 Å². The van der Waals surface area contributed by atoms with Gasteiger partial charge in [0.05, 0.1) is 5.52 Å². The third-order valence-electron chi connectivity index (χ3n) is 3.48. The van der Waals surface area contributed by atoms with Crippen molar-refractivity contribution in [2.75, 3.05) is 13.6 Å². The molecule has 0 aliphatic rings. The van der Waals surface area contributed by atoms with Crippen LogP contribution < -0.4 is 10.6 Å². The summed E-state index contributed by atoms with van der Waals surface area (Å²) in [5.74, 6) is 0.854. The highest BCUT2D eigenvalue weighted by molar-refractivity contribution is 14.0. The Balaban J connectivity index is 0.00000242. The Morgan fingerprint density at radius 2 is 1.95 bits per heavy atom. The van der Waals surface area contributed by atoms with Crippen molar-refractivity contribution < 1.29 is 0 Å². The van der Waals surface area contributed by atoms with E-state index in [-0.39, 0.29) is 24.0 Å². The number of nitrogens with zero attached hydrogens (tertiary/aromatic N) is 2. The van der Waals surface area contributed by atoms with E-state index in [2.05, 4.69) is 39.7 Å². The van der Waals surface area contributed by atoms with E-state index in [1.165, 1.54) is 30.2 Å². The third kappa shape index (κ3) is 5.44. The molecule has 2 aromatic rings. The summed E-state index contributed by atoms with van der Waals surface area (Å²) >= 11 is 0. The minimum Gasteiger partial charge on any atom is -0.356 e. The number of aromatic nitrogens is 1. The highest BCUT2D eigenvalue weighted by Crippen LogP contribution is 2.15. The lowest BCUT2D eigenvalue weighted by molar-refractivity contribution is 0.683. The van der Waals surface area contributed by atoms with Crippen LogP contribution in [0.4, 0.5) is 0 Å². The molecule has 0 aliphatic heterocycles. The maximum absolute atomic E-state index is 4.39. The SMILES string of the molecule is CCCCCNC(=NC)NCc1ccnc2ccccc12.I. The zero-order chi connectivity index (χ0) is 14.9. The Hall–Kier alpha value is -1.37. The van der Waals surface area contributed by atoms with E-state index < -0.39 is 0 Å². The van der Waals surface area contributed by atoms with Crippen molar-refractivity contribution >= 4 is 40.8 Å². The van der Waals surface area contributed by atoms with Crippen LogP contribution >= 0.6 is 24.0 Å². The second kappa shape index (κ2) is 10.4. The summed E-state index contributed by atoms with van der Waals surface area (Å²) in [4.78, 5) is 8.65. The van der Waals surface area contributed by atoms with Crippen LogP contribution in [-0.4, -0.2) is 24.5 Å². The summed E-state index contributed by atoms with van der Waals surface area (Å²) < 4.78 is 0. The highest BCUT2D eigenvalue weighted by Gasteiger charge is 2.02. The Kier molecular flexibility index (Phi) is 8.81. The quantitative estimate of drug-likeness (QED) is 0.329. The zero-order valence-corrected chi connectivity index (χ0v) is 15.6. The van der Waals surface area contributed by atoms with Crippen molar-refractivity contribution in [1.82, 2.24) is 15.6 Å². The Labute approximate surface area is 149 Å². The normalized spacial score (nSPS) is 11.1. The van der Waals surface area contributed by atoms with Gasteiger partial charge in [0.25, 0.3) is 0 Å². The van der Waals surface area contributed by atoms with Gasteiger partial charge in [-0.2, -0.15) is 0 Å². The number of rotatable bonds is 6. The topological polar surface area (TPSA) is 49.3 Å². The minimum absolute atomic E-state index is 0. The second-order valence-electron chi connectivity index (χ2n) is 5.05. The van der Waals surface area contributed by atoms with Gasteiger partial charge in [0, 0.05) is 31.7 Å². The molecule has 0 amide bonds. The van der Waals surface area contributed by atoms with Gasteiger partial charge in [-0.05, 0) is 24.1 Å². The third-order valence-corrected chi connectivity index (χ3v) is 3.48. The maximum Gasteiger partial charge on any atom is 0.191 e. The fraction of sp³-hybridized carbons (Fsp3) is 0.412. The monoisotopic (exact) mass is 412 g/mol. The first-order valence-electron chi connectivity index (χ1n) is 7.62. The molecular weight excluding hydrogens is 387 g/mol. The van der Waals surface area contributed by atoms with E-state index in [1.54, 1.807) is 7.05 Å². The molecule has 1 aromatic heterocycles. The molecule has 4 nitrogen and oxygen atoms in total. The molecule has 0 radical (unpaired) electrons. The summed E-state index contributed by atoms with van der Waals surface area (Å²) in [6, 6.07) is 10.3. The van der Waals surface area contributed by atoms with Crippen LogP contribution in [0.5, 0.6) is 0 Å². The van der Waals surface area contributed by atoms with Crippen molar-refractivity contribution in [3.05, 3.63) is 42.1 Å². The molecule has 0 saturated carbocycles. The average Bonchev–Trinajstić information content (AvgIpc) is 2.54. The van der Waals surface area contributed by atoms with Crippen molar-refractivity contribution in [2.45, 2.75) is 32.7 Å². The van der Waals surface area contributed by atoms with Crippen LogP contribution in [-0.2, 0) is 6.54 Å². The number of pyridine rings is 1. The first-order valence-corrected chi connectivity index (χ1v) is 7.62. The van der Waals surface area contributed by atoms with Crippen LogP contribution in [0.3, 0.4) is 0 Å². The van der Waals surface area contributed by atoms with Gasteiger partial charge in [0.15, 0.2) is 5.96 Å². The van der Waals surface area contributed by atoms with E-state index in [9.17, 15) is 0 Å². The summed E-state index contributed by atoms with van der Waals surface area (Å²) in [5.41, 5.74) is 2.26. The number of unbranched alkanes of at least 4 members (excludes halogenated alkanes) is 2. The first-order chi connectivity index (χ1) is 10.3. The van der Waals surface area contributed by atoms with E-state index in [0.717, 1.165) is 24.6 Å². The van der Waals surface area contributed by atoms with Crippen LogP contribution in [0.2, 0.25) is 0 Å². The summed E-state index contributed by atoms with van der Waals surface area (Å²) in [5, 5.41) is 7.90. The van der Waals surface area contributed by atoms with Gasteiger partial charge in [-0.1, -0.05) is 38.0 Å². The zero-order valence-electron chi connectivity index (χ0n) is 13.3. The van der Waals surface area contributed by atoms with Gasteiger partial charge in [0.2, 0.25) is 0 Å². The summed E-state index contributed by atoms with van der Waals surface area (Å²) in [7, 11) is 1.81. The second-order valence-corrected chi connectivity index (χ2v) is 5.05. The van der Waals surface area contributed by atoms with Crippen LogP contribution in [0, 0.1) is 0 Å². The predicted octanol–water partition coefficient (Wildman–Crippen LogP) is 3.71. The van der Waals surface area contributed by atoms with Crippen LogP contribution in [0.1, 0.15) is 31.7 Å². The molecule has 1 aromatic carbocycles. The van der Waals surface area contributed by atoms with Crippen molar-refractivity contribution in [3.63, 3.8) is 0 Å². The average molecular weight is 412 g/mol. The number of hydrogen-bond donors (Lipinski definition) is 2. The Morgan fingerprint density at radius 1 is 1.14 bits per heavy atom. The number of hydrogen-bond acceptors (Lipinski definition) is 2. The maximum atomic E-state index is 4.39. The molecule has 0 bridgehead atoms. The minimum atomic E-state index is 0. The molecule has 0 saturated heterocycles. The van der Waals surface area contributed by atoms with Crippen LogP contribution in [0.15, 0.2) is 41.5 Å². The molecule has 0 spiro atoms. The molecular formula is C17H25IN4. The molecule has 1 heterocycles. The molecule has 0 aliphatic carbocycles. The van der Waals surface area contributed by atoms with E-state index in [4.69, 9.17) is 0 Å². The number of para-hydroxylation sites is 1. The molecule has 2 N–H and O–H groups in total. The molecule has 0 unspecified atom stereocenters. The molecule has 0 atom stereocenters. The number of aliphatic imine (C=N–C) groups is 1. The van der Waals surface area contributed by atoms with Gasteiger partial charge in [-0.3, -0.25) is 9.98 Å². The number of guanidine groups is 1. The molecule has 5 heteroatoms. The number of nitrogens with one attached hydrogen (secondary N) is 2. The fourth-order valence-corrected chi connectivity index (χ4v) is 2.29. The molecule has 0 fully saturated rings. The highest BCUT2D eigenvalue weighted by atomic mass is 127. The Bertz CT molecular complexity index is 593. The predicted molar refractivity (Wildman–Crippen MR) is 105 cm³/mol. The van der Waals surface area contributed by atoms with E-state index in [1.807, 2.05) is 24.4 Å². The van der Waals surface area contributed by atoms with Crippen LogP contribution in [0.25, 0.3) is 10.9 Å². The van der Waals surface area contributed by atoms with Gasteiger partial charge >= 0.3 is 0 Å². The largest absolute Gasteiger partial charge is 0.356 e. The van der Waals surface area contributed by atoms with Gasteiger partial charge < -0.3 is 10.6 Å². The van der Waals surface area contributed by atoms with Crippen molar-refractivity contribution in [1.29, 1.82) is 0 Å². The Morgan fingerprint density at radius 3 is 2.73 bits per heavy atom. The van der Waals surface area contributed by atoms with Crippen molar-refractivity contribution in [3.8, 4) is 0 Å². The fourth-order valence-electron chi connectivity index (χ4n) is 2.29. The molecule has 22 heavy (non-hydrogen) atoms. The van der Waals surface area contributed by atoms with E-state index in [0.29, 0.717) is 0 Å². The molecule has 2 rings (SSSR count). The lowest BCUT2D eigenvalue weighted by Gasteiger charge is -2.12. The standard InChI is InChI=1S/C17H24N4.HI/c1-3-4-7-11-20-17(18-2)21-13-14-10-12-19-16-9-6-5-8-15(14)16;/h5-6,8-10,12H,3-4,7,11,13H2,1-2H3,(H2,18,20,21);1H. The lowest BCUT2D eigenvalue weighted by atomic mass is 10.1. The smallest absolute Gasteiger partial charge is 0.191 e. The molecule has 120 valence electrons. The number of fused-ring (bicyclic) bond motifs is 1. The summed E-state index contributed by atoms with van der Waals surface area (Å²) in [6.45, 7) is 3.92. The lowest BCUT2D eigenvalue weighted by Crippen LogP contribution is -2.37. The number of halogens is 1. The van der Waals surface area contributed by atoms with Crippen molar-refractivity contribution in [2.24, 2.45) is 4.99 Å². The van der Waals surface area contributed by atoms with Gasteiger partial charge in [-0.15, -0.1) is 24.0 Å².